The summed E-state index contributed by atoms with van der Waals surface area (Å²) in [6, 6.07) is 15.7. The maximum absolute atomic E-state index is 13.0. The van der Waals surface area contributed by atoms with E-state index in [1.165, 1.54) is 4.90 Å². The van der Waals surface area contributed by atoms with Crippen molar-refractivity contribution in [2.24, 2.45) is 0 Å². The molecule has 3 N–H and O–H groups in total. The molecule has 4 rings (SSSR count). The second kappa shape index (κ2) is 11.4. The third-order valence-electron chi connectivity index (χ3n) is 6.44. The molecule has 2 aromatic carbocycles. The van der Waals surface area contributed by atoms with Crippen molar-refractivity contribution in [1.82, 2.24) is 15.2 Å². The smallest absolute Gasteiger partial charge is 0.255 e. The van der Waals surface area contributed by atoms with Gasteiger partial charge in [-0.15, -0.1) is 0 Å². The SMILES string of the molecule is C[C@@H](NC(=O)[C@H](O)[C@@H](O)C(=O)N1CCC[C@@H]1c1cccc(Cl)c1)c1ccc(-c2ccncc2Cl)cc1. The molecule has 7 nitrogen and oxygen atoms in total. The number of carbonyl (C=O) groups is 2. The lowest BCUT2D eigenvalue weighted by Gasteiger charge is -2.29. The number of aliphatic hydroxyl groups is 2. The second-order valence-corrected chi connectivity index (χ2v) is 9.69. The highest BCUT2D eigenvalue weighted by atomic mass is 35.5. The molecule has 9 heteroatoms. The van der Waals surface area contributed by atoms with Crippen LogP contribution in [0, 0.1) is 0 Å². The molecule has 3 aromatic rings. The summed E-state index contributed by atoms with van der Waals surface area (Å²) in [5.41, 5.74) is 3.37. The number of amides is 2. The molecule has 1 aliphatic rings. The fourth-order valence-corrected chi connectivity index (χ4v) is 4.91. The zero-order valence-electron chi connectivity index (χ0n) is 19.6. The van der Waals surface area contributed by atoms with Crippen LogP contribution in [0.25, 0.3) is 11.1 Å². The molecule has 4 atom stereocenters. The minimum absolute atomic E-state index is 0.271. The van der Waals surface area contributed by atoms with Crippen molar-refractivity contribution in [2.45, 2.75) is 44.1 Å². The van der Waals surface area contributed by atoms with Gasteiger partial charge in [0.1, 0.15) is 0 Å². The van der Waals surface area contributed by atoms with Crippen molar-refractivity contribution in [3.63, 3.8) is 0 Å². The van der Waals surface area contributed by atoms with Crippen LogP contribution in [-0.2, 0) is 9.59 Å². The van der Waals surface area contributed by atoms with E-state index in [0.29, 0.717) is 23.0 Å². The van der Waals surface area contributed by atoms with Gasteiger partial charge in [-0.25, -0.2) is 0 Å². The number of aliphatic hydroxyl groups excluding tert-OH is 2. The first-order chi connectivity index (χ1) is 17.3. The van der Waals surface area contributed by atoms with Crippen molar-refractivity contribution >= 4 is 35.0 Å². The average Bonchev–Trinajstić information content (AvgIpc) is 3.38. The van der Waals surface area contributed by atoms with Crippen LogP contribution in [0.15, 0.2) is 67.0 Å². The van der Waals surface area contributed by atoms with Crippen molar-refractivity contribution < 1.29 is 19.8 Å². The number of halogens is 2. The monoisotopic (exact) mass is 527 g/mol. The number of benzene rings is 2. The third-order valence-corrected chi connectivity index (χ3v) is 6.98. The van der Waals surface area contributed by atoms with E-state index in [1.807, 2.05) is 36.4 Å². The number of aromatic nitrogens is 1. The summed E-state index contributed by atoms with van der Waals surface area (Å²) in [7, 11) is 0. The number of nitrogens with zero attached hydrogens (tertiary/aromatic N) is 2. The summed E-state index contributed by atoms with van der Waals surface area (Å²) < 4.78 is 0. The van der Waals surface area contributed by atoms with Crippen molar-refractivity contribution in [3.8, 4) is 11.1 Å². The lowest BCUT2D eigenvalue weighted by Crippen LogP contribution is -2.50. The Bertz CT molecular complexity index is 1240. The Balaban J connectivity index is 1.39. The Kier molecular flexibility index (Phi) is 8.26. The zero-order chi connectivity index (χ0) is 25.8. The predicted octanol–water partition coefficient (Wildman–Crippen LogP) is 4.32. The van der Waals surface area contributed by atoms with E-state index in [-0.39, 0.29) is 6.04 Å². The van der Waals surface area contributed by atoms with E-state index in [9.17, 15) is 19.8 Å². The first-order valence-electron chi connectivity index (χ1n) is 11.7. The molecule has 2 heterocycles. The maximum atomic E-state index is 13.0. The number of hydrogen-bond acceptors (Lipinski definition) is 5. The van der Waals surface area contributed by atoms with Crippen molar-refractivity contribution in [3.05, 3.63) is 88.2 Å². The molecule has 188 valence electrons. The Hall–Kier alpha value is -2.97. The van der Waals surface area contributed by atoms with Gasteiger partial charge in [-0.2, -0.15) is 0 Å². The Morgan fingerprint density at radius 1 is 1.08 bits per heavy atom. The average molecular weight is 528 g/mol. The summed E-state index contributed by atoms with van der Waals surface area (Å²) in [4.78, 5) is 31.2. The Morgan fingerprint density at radius 3 is 2.53 bits per heavy atom. The number of hydrogen-bond donors (Lipinski definition) is 3. The van der Waals surface area contributed by atoms with Gasteiger partial charge < -0.3 is 20.4 Å². The Morgan fingerprint density at radius 2 is 1.83 bits per heavy atom. The largest absolute Gasteiger partial charge is 0.380 e. The molecular formula is C27H27Cl2N3O4. The van der Waals surface area contributed by atoms with Crippen LogP contribution in [-0.4, -0.2) is 50.7 Å². The number of rotatable bonds is 7. The standard InChI is InChI=1S/C27H27Cl2N3O4/c1-16(17-7-9-18(10-8-17)21-11-12-30-15-22(21)29)31-26(35)24(33)25(34)27(36)32-13-3-6-23(32)19-4-2-5-20(28)14-19/h2,4-5,7-12,14-16,23-25,33-34H,3,6,13H2,1H3,(H,31,35)/t16-,23-,24-,25-/m1/s1. The summed E-state index contributed by atoms with van der Waals surface area (Å²) in [5.74, 6) is -1.52. The fourth-order valence-electron chi connectivity index (χ4n) is 4.48. The highest BCUT2D eigenvalue weighted by Crippen LogP contribution is 2.34. The minimum Gasteiger partial charge on any atom is -0.380 e. The lowest BCUT2D eigenvalue weighted by molar-refractivity contribution is -0.154. The van der Waals surface area contributed by atoms with E-state index >= 15 is 0 Å². The van der Waals surface area contributed by atoms with Crippen molar-refractivity contribution in [1.29, 1.82) is 0 Å². The molecule has 0 radical (unpaired) electrons. The number of pyridine rings is 1. The van der Waals surface area contributed by atoms with Crippen LogP contribution in [0.3, 0.4) is 0 Å². The molecule has 0 unspecified atom stereocenters. The van der Waals surface area contributed by atoms with Gasteiger partial charge in [0, 0.05) is 29.5 Å². The molecule has 0 bridgehead atoms. The van der Waals surface area contributed by atoms with Crippen molar-refractivity contribution in [2.75, 3.05) is 6.54 Å². The number of likely N-dealkylation sites (tertiary alicyclic amines) is 1. The molecule has 0 saturated carbocycles. The first-order valence-corrected chi connectivity index (χ1v) is 12.4. The van der Waals surface area contributed by atoms with Gasteiger partial charge in [-0.3, -0.25) is 14.6 Å². The van der Waals surface area contributed by atoms with Gasteiger partial charge in [0.15, 0.2) is 12.2 Å². The highest BCUT2D eigenvalue weighted by Gasteiger charge is 2.38. The molecule has 0 spiro atoms. The highest BCUT2D eigenvalue weighted by molar-refractivity contribution is 6.33. The summed E-state index contributed by atoms with van der Waals surface area (Å²) in [6.45, 7) is 2.18. The van der Waals surface area contributed by atoms with E-state index in [0.717, 1.165) is 28.7 Å². The van der Waals surface area contributed by atoms with Gasteiger partial charge in [-0.05, 0) is 54.7 Å². The summed E-state index contributed by atoms with van der Waals surface area (Å²) >= 11 is 12.3. The van der Waals surface area contributed by atoms with Gasteiger partial charge in [0.05, 0.1) is 17.1 Å². The molecule has 1 fully saturated rings. The van der Waals surface area contributed by atoms with Crippen LogP contribution in [0.5, 0.6) is 0 Å². The van der Waals surface area contributed by atoms with E-state index in [1.54, 1.807) is 37.5 Å². The quantitative estimate of drug-likeness (QED) is 0.424. The molecule has 2 amide bonds. The molecule has 36 heavy (non-hydrogen) atoms. The zero-order valence-corrected chi connectivity index (χ0v) is 21.2. The maximum Gasteiger partial charge on any atom is 0.255 e. The normalized spacial score (nSPS) is 17.9. The van der Waals surface area contributed by atoms with Gasteiger partial charge >= 0.3 is 0 Å². The van der Waals surface area contributed by atoms with Gasteiger partial charge in [-0.1, -0.05) is 59.6 Å². The van der Waals surface area contributed by atoms with Crippen LogP contribution in [0.1, 0.15) is 43.0 Å². The molecule has 0 aliphatic carbocycles. The van der Waals surface area contributed by atoms with Crippen LogP contribution in [0.2, 0.25) is 10.0 Å². The van der Waals surface area contributed by atoms with Crippen LogP contribution < -0.4 is 5.32 Å². The van der Waals surface area contributed by atoms with E-state index < -0.39 is 30.1 Å². The molecular weight excluding hydrogens is 501 g/mol. The molecule has 1 aromatic heterocycles. The molecule has 1 saturated heterocycles. The topological polar surface area (TPSA) is 103 Å². The fraction of sp³-hybridized carbons (Fsp3) is 0.296. The number of nitrogens with one attached hydrogen (secondary N) is 1. The third kappa shape index (κ3) is 5.71. The molecule has 1 aliphatic heterocycles. The summed E-state index contributed by atoms with van der Waals surface area (Å²) in [6.07, 6.45) is 0.893. The summed E-state index contributed by atoms with van der Waals surface area (Å²) in [5, 5.41) is 24.8. The van der Waals surface area contributed by atoms with E-state index in [4.69, 9.17) is 23.2 Å². The van der Waals surface area contributed by atoms with Gasteiger partial charge in [0.25, 0.3) is 11.8 Å². The predicted molar refractivity (Wildman–Crippen MR) is 138 cm³/mol. The van der Waals surface area contributed by atoms with Crippen LogP contribution >= 0.6 is 23.2 Å². The first kappa shape index (κ1) is 26.1. The van der Waals surface area contributed by atoms with Crippen LogP contribution in [0.4, 0.5) is 0 Å². The number of carbonyl (C=O) groups excluding carboxylic acids is 2. The lowest BCUT2D eigenvalue weighted by atomic mass is 10.0. The van der Waals surface area contributed by atoms with E-state index in [2.05, 4.69) is 10.3 Å². The second-order valence-electron chi connectivity index (χ2n) is 8.84. The van der Waals surface area contributed by atoms with Gasteiger partial charge in [0.2, 0.25) is 0 Å². The minimum atomic E-state index is -1.91. The Labute approximate surface area is 219 Å².